The third-order valence-corrected chi connectivity index (χ3v) is 2.87. The Hall–Kier alpha value is -2.43. The average molecular weight is 259 g/mol. The molecule has 0 saturated heterocycles. The van der Waals surface area contributed by atoms with E-state index in [1.165, 1.54) is 6.26 Å². The molecule has 0 bridgehead atoms. The maximum atomic E-state index is 12.0. The van der Waals surface area contributed by atoms with E-state index >= 15 is 0 Å². The summed E-state index contributed by atoms with van der Waals surface area (Å²) in [5, 5.41) is 10.7. The summed E-state index contributed by atoms with van der Waals surface area (Å²) in [6, 6.07) is 12.2. The molecular formula is C14H13NO4. The van der Waals surface area contributed by atoms with Crippen LogP contribution in [-0.2, 0) is 0 Å². The lowest BCUT2D eigenvalue weighted by Gasteiger charge is -2.11. The topological polar surface area (TPSA) is 73.3 Å². The van der Waals surface area contributed by atoms with E-state index in [-0.39, 0.29) is 24.5 Å². The number of carbonyl (C=O) groups is 1. The highest BCUT2D eigenvalue weighted by molar-refractivity contribution is 5.93. The van der Waals surface area contributed by atoms with E-state index < -0.39 is 10.8 Å². The monoisotopic (exact) mass is 259 g/mol. The maximum absolute atomic E-state index is 12.0. The molecule has 1 aromatic heterocycles. The van der Waals surface area contributed by atoms with Crippen molar-refractivity contribution in [3.8, 4) is 0 Å². The summed E-state index contributed by atoms with van der Waals surface area (Å²) in [5.41, 5.74) is 0.791. The second-order valence-electron chi connectivity index (χ2n) is 4.23. The highest BCUT2D eigenvalue weighted by Crippen LogP contribution is 2.22. The molecule has 0 saturated carbocycles. The number of ketones is 1. The van der Waals surface area contributed by atoms with E-state index in [1.54, 1.807) is 36.4 Å². The van der Waals surface area contributed by atoms with Crippen molar-refractivity contribution >= 4 is 5.78 Å². The second-order valence-corrected chi connectivity index (χ2v) is 4.23. The fourth-order valence-corrected chi connectivity index (χ4v) is 1.95. The van der Waals surface area contributed by atoms with Crippen molar-refractivity contribution in [2.75, 3.05) is 6.54 Å². The number of Topliss-reactive ketones (excluding diaryl/α,β-unsaturated/α-hetero) is 1. The molecule has 5 nitrogen and oxygen atoms in total. The molecule has 0 amide bonds. The Morgan fingerprint density at radius 2 is 1.95 bits per heavy atom. The molecule has 0 aliphatic rings. The molecule has 0 aliphatic heterocycles. The first-order chi connectivity index (χ1) is 9.16. The molecule has 0 fully saturated rings. The third kappa shape index (κ3) is 3.51. The van der Waals surface area contributed by atoms with E-state index in [4.69, 9.17) is 4.42 Å². The van der Waals surface area contributed by atoms with Crippen molar-refractivity contribution in [3.05, 3.63) is 70.2 Å². The highest BCUT2D eigenvalue weighted by Gasteiger charge is 2.23. The van der Waals surface area contributed by atoms with Crippen LogP contribution in [0.3, 0.4) is 0 Å². The predicted octanol–water partition coefficient (Wildman–Crippen LogP) is 2.91. The van der Waals surface area contributed by atoms with Gasteiger partial charge in [0, 0.05) is 11.3 Å². The van der Waals surface area contributed by atoms with Gasteiger partial charge in [-0.25, -0.2) is 0 Å². The average Bonchev–Trinajstić information content (AvgIpc) is 2.92. The lowest BCUT2D eigenvalue weighted by Crippen LogP contribution is -2.16. The molecule has 5 heteroatoms. The predicted molar refractivity (Wildman–Crippen MR) is 68.7 cm³/mol. The molecule has 0 aliphatic carbocycles. The van der Waals surface area contributed by atoms with E-state index in [0.717, 1.165) is 5.56 Å². The number of furan rings is 1. The smallest absolute Gasteiger partial charge is 0.211 e. The van der Waals surface area contributed by atoms with Gasteiger partial charge in [-0.05, 0) is 17.7 Å². The molecule has 1 aromatic carbocycles. The van der Waals surface area contributed by atoms with Crippen molar-refractivity contribution in [1.82, 2.24) is 0 Å². The maximum Gasteiger partial charge on any atom is 0.211 e. The minimum atomic E-state index is -0.436. The molecule has 1 atom stereocenters. The van der Waals surface area contributed by atoms with E-state index in [2.05, 4.69) is 0 Å². The van der Waals surface area contributed by atoms with Gasteiger partial charge in [0.25, 0.3) is 0 Å². The van der Waals surface area contributed by atoms with Gasteiger partial charge in [-0.1, -0.05) is 30.3 Å². The molecular weight excluding hydrogens is 246 g/mol. The van der Waals surface area contributed by atoms with Gasteiger partial charge in [-0.15, -0.1) is 0 Å². The first-order valence-corrected chi connectivity index (χ1v) is 5.90. The Balaban J connectivity index is 2.15. The first kappa shape index (κ1) is 13.0. The summed E-state index contributed by atoms with van der Waals surface area (Å²) in [6.07, 6.45) is 1.48. The standard InChI is InChI=1S/C14H13NO4/c16-13(14-7-4-8-19-14)9-12(10-15(17)18)11-5-2-1-3-6-11/h1-8,12H,9-10H2/t12-/m1/s1. The summed E-state index contributed by atoms with van der Waals surface area (Å²) in [5.74, 6) is -0.418. The Labute approximate surface area is 110 Å². The number of nitro groups is 1. The summed E-state index contributed by atoms with van der Waals surface area (Å²) < 4.78 is 5.02. The van der Waals surface area contributed by atoms with Crippen molar-refractivity contribution in [2.24, 2.45) is 0 Å². The number of nitrogens with zero attached hydrogens (tertiary/aromatic N) is 1. The Morgan fingerprint density at radius 1 is 1.21 bits per heavy atom. The fraction of sp³-hybridized carbons (Fsp3) is 0.214. The molecule has 2 aromatic rings. The summed E-state index contributed by atoms with van der Waals surface area (Å²) in [4.78, 5) is 22.3. The van der Waals surface area contributed by atoms with Crippen LogP contribution in [0, 0.1) is 10.1 Å². The zero-order chi connectivity index (χ0) is 13.7. The molecule has 19 heavy (non-hydrogen) atoms. The SMILES string of the molecule is O=C(C[C@H](C[N+](=O)[O-])c1ccccc1)c1ccco1. The number of hydrogen-bond donors (Lipinski definition) is 0. The minimum Gasteiger partial charge on any atom is -0.461 e. The van der Waals surface area contributed by atoms with Gasteiger partial charge in [0.05, 0.1) is 12.2 Å². The molecule has 98 valence electrons. The minimum absolute atomic E-state index is 0.0680. The van der Waals surface area contributed by atoms with Crippen LogP contribution in [0.25, 0.3) is 0 Å². The molecule has 0 N–H and O–H groups in total. The van der Waals surface area contributed by atoms with Crippen LogP contribution >= 0.6 is 0 Å². The molecule has 0 spiro atoms. The molecule has 2 rings (SSSR count). The Kier molecular flexibility index (Phi) is 4.07. The van der Waals surface area contributed by atoms with Gasteiger partial charge in [-0.2, -0.15) is 0 Å². The Bertz CT molecular complexity index is 548. The number of rotatable bonds is 6. The van der Waals surface area contributed by atoms with Gasteiger partial charge in [0.2, 0.25) is 6.54 Å². The van der Waals surface area contributed by atoms with Gasteiger partial charge >= 0.3 is 0 Å². The summed E-state index contributed by atoms with van der Waals surface area (Å²) in [6.45, 7) is -0.267. The zero-order valence-electron chi connectivity index (χ0n) is 10.2. The fourth-order valence-electron chi connectivity index (χ4n) is 1.95. The van der Waals surface area contributed by atoms with Crippen LogP contribution in [0.4, 0.5) is 0 Å². The van der Waals surface area contributed by atoms with E-state index in [1.807, 2.05) is 6.07 Å². The largest absolute Gasteiger partial charge is 0.461 e. The van der Waals surface area contributed by atoms with Crippen LogP contribution in [0.2, 0.25) is 0 Å². The number of carbonyl (C=O) groups excluding carboxylic acids is 1. The van der Waals surface area contributed by atoms with Crippen LogP contribution < -0.4 is 0 Å². The highest BCUT2D eigenvalue weighted by atomic mass is 16.6. The third-order valence-electron chi connectivity index (χ3n) is 2.87. The van der Waals surface area contributed by atoms with E-state index in [9.17, 15) is 14.9 Å². The van der Waals surface area contributed by atoms with Gasteiger partial charge < -0.3 is 4.42 Å². The lowest BCUT2D eigenvalue weighted by molar-refractivity contribution is -0.483. The van der Waals surface area contributed by atoms with Crippen molar-refractivity contribution in [1.29, 1.82) is 0 Å². The Morgan fingerprint density at radius 3 is 2.53 bits per heavy atom. The summed E-state index contributed by atoms with van der Waals surface area (Å²) in [7, 11) is 0. The first-order valence-electron chi connectivity index (χ1n) is 5.90. The normalized spacial score (nSPS) is 12.0. The summed E-state index contributed by atoms with van der Waals surface area (Å²) >= 11 is 0. The van der Waals surface area contributed by atoms with Crippen molar-refractivity contribution < 1.29 is 14.1 Å². The van der Waals surface area contributed by atoms with Gasteiger partial charge in [0.15, 0.2) is 11.5 Å². The molecule has 0 unspecified atom stereocenters. The zero-order valence-corrected chi connectivity index (χ0v) is 10.2. The van der Waals surface area contributed by atoms with E-state index in [0.29, 0.717) is 0 Å². The lowest BCUT2D eigenvalue weighted by atomic mass is 9.93. The number of hydrogen-bond acceptors (Lipinski definition) is 4. The van der Waals surface area contributed by atoms with Crippen LogP contribution in [0.15, 0.2) is 53.1 Å². The quantitative estimate of drug-likeness (QED) is 0.454. The van der Waals surface area contributed by atoms with Crippen molar-refractivity contribution in [3.63, 3.8) is 0 Å². The van der Waals surface area contributed by atoms with Crippen LogP contribution in [0.5, 0.6) is 0 Å². The van der Waals surface area contributed by atoms with Crippen LogP contribution in [0.1, 0.15) is 28.5 Å². The van der Waals surface area contributed by atoms with Gasteiger partial charge in [0.1, 0.15) is 0 Å². The van der Waals surface area contributed by atoms with Crippen molar-refractivity contribution in [2.45, 2.75) is 12.3 Å². The number of benzene rings is 1. The molecule has 1 heterocycles. The second kappa shape index (κ2) is 5.95. The molecule has 0 radical (unpaired) electrons. The van der Waals surface area contributed by atoms with Gasteiger partial charge in [-0.3, -0.25) is 14.9 Å². The van der Waals surface area contributed by atoms with Crippen LogP contribution in [-0.4, -0.2) is 17.3 Å².